The first-order valence-corrected chi connectivity index (χ1v) is 5.75. The van der Waals surface area contributed by atoms with Crippen LogP contribution in [0.15, 0.2) is 28.0 Å². The molecule has 0 aromatic carbocycles. The van der Waals surface area contributed by atoms with E-state index in [1.807, 2.05) is 6.92 Å². The van der Waals surface area contributed by atoms with Crippen LogP contribution in [0.25, 0.3) is 0 Å². The van der Waals surface area contributed by atoms with Crippen molar-refractivity contribution in [2.24, 2.45) is 0 Å². The van der Waals surface area contributed by atoms with Gasteiger partial charge >= 0.3 is 0 Å². The lowest BCUT2D eigenvalue weighted by Crippen LogP contribution is -2.18. The highest BCUT2D eigenvalue weighted by atomic mass is 32.2. The van der Waals surface area contributed by atoms with Gasteiger partial charge in [0.05, 0.1) is 4.90 Å². The largest absolute Gasteiger partial charge is 0.316 e. The fraction of sp³-hybridized carbons (Fsp3) is 0.375. The van der Waals surface area contributed by atoms with Crippen LogP contribution in [0.5, 0.6) is 0 Å². The molecule has 13 heavy (non-hydrogen) atoms. The summed E-state index contributed by atoms with van der Waals surface area (Å²) in [6.07, 6.45) is 2.57. The normalized spacial score (nSPS) is 11.5. The van der Waals surface area contributed by atoms with Gasteiger partial charge in [0.2, 0.25) is 0 Å². The van der Waals surface area contributed by atoms with Gasteiger partial charge in [-0.3, -0.25) is 4.79 Å². The maximum absolute atomic E-state index is 11.2. The molecule has 1 rings (SSSR count). The van der Waals surface area contributed by atoms with Crippen molar-refractivity contribution in [3.63, 3.8) is 0 Å². The molecule has 72 valence electrons. The first-order valence-electron chi connectivity index (χ1n) is 3.85. The molecule has 0 spiro atoms. The van der Waals surface area contributed by atoms with Crippen molar-refractivity contribution in [3.05, 3.63) is 28.7 Å². The Balaban J connectivity index is 3.35. The van der Waals surface area contributed by atoms with Gasteiger partial charge in [-0.2, -0.15) is 0 Å². The van der Waals surface area contributed by atoms with E-state index >= 15 is 0 Å². The highest BCUT2D eigenvalue weighted by Gasteiger charge is 2.07. The van der Waals surface area contributed by atoms with Crippen molar-refractivity contribution in [3.8, 4) is 0 Å². The molecular weight excluding hydrogens is 190 g/mol. The van der Waals surface area contributed by atoms with Crippen LogP contribution in [0.3, 0.4) is 0 Å². The molecule has 5 heteroatoms. The van der Waals surface area contributed by atoms with Crippen molar-refractivity contribution in [1.29, 1.82) is 0 Å². The molecule has 4 nitrogen and oxygen atoms in total. The summed E-state index contributed by atoms with van der Waals surface area (Å²) >= 11 is 0. The topological polar surface area (TPSA) is 56.1 Å². The van der Waals surface area contributed by atoms with Crippen LogP contribution in [0.2, 0.25) is 0 Å². The standard InChI is InChI=1S/C8H11NO3S/c1-3-9-5-4-7(6-8(9)10)13(2,11)12/h4-6H,3H2,1-2H3. The van der Waals surface area contributed by atoms with Crippen molar-refractivity contribution in [1.82, 2.24) is 4.57 Å². The highest BCUT2D eigenvalue weighted by Crippen LogP contribution is 2.03. The molecule has 0 saturated heterocycles. The third-order valence-electron chi connectivity index (χ3n) is 1.74. The second kappa shape index (κ2) is 3.33. The first kappa shape index (κ1) is 9.98. The molecule has 0 aliphatic carbocycles. The number of aromatic nitrogens is 1. The molecular formula is C8H11NO3S. The molecule has 0 unspecified atom stereocenters. The third kappa shape index (κ3) is 2.18. The minimum absolute atomic E-state index is 0.0715. The fourth-order valence-electron chi connectivity index (χ4n) is 0.981. The molecule has 0 amide bonds. The number of aryl methyl sites for hydroxylation is 1. The van der Waals surface area contributed by atoms with Crippen LogP contribution in [0, 0.1) is 0 Å². The zero-order valence-electron chi connectivity index (χ0n) is 7.52. The Labute approximate surface area is 76.7 Å². The Morgan fingerprint density at radius 2 is 2.08 bits per heavy atom. The van der Waals surface area contributed by atoms with E-state index in [0.29, 0.717) is 6.54 Å². The van der Waals surface area contributed by atoms with Crippen molar-refractivity contribution in [2.75, 3.05) is 6.26 Å². The molecule has 0 bridgehead atoms. The average Bonchev–Trinajstić information content (AvgIpc) is 2.02. The lowest BCUT2D eigenvalue weighted by atomic mass is 10.4. The Hall–Kier alpha value is -1.10. The Morgan fingerprint density at radius 3 is 2.46 bits per heavy atom. The molecule has 0 N–H and O–H groups in total. The average molecular weight is 201 g/mol. The molecule has 0 aliphatic heterocycles. The molecule has 0 radical (unpaired) electrons. The number of pyridine rings is 1. The molecule has 1 heterocycles. The summed E-state index contributed by atoms with van der Waals surface area (Å²) in [5.41, 5.74) is -0.287. The van der Waals surface area contributed by atoms with E-state index in [0.717, 1.165) is 12.3 Å². The van der Waals surface area contributed by atoms with Gasteiger partial charge in [-0.15, -0.1) is 0 Å². The van der Waals surface area contributed by atoms with Crippen molar-refractivity contribution in [2.45, 2.75) is 18.4 Å². The van der Waals surface area contributed by atoms with Crippen LogP contribution < -0.4 is 5.56 Å². The summed E-state index contributed by atoms with van der Waals surface area (Å²) in [7, 11) is -3.26. The van der Waals surface area contributed by atoms with E-state index in [4.69, 9.17) is 0 Å². The molecule has 1 aromatic heterocycles. The zero-order chi connectivity index (χ0) is 10.1. The molecule has 0 saturated carbocycles. The maximum atomic E-state index is 11.2. The van der Waals surface area contributed by atoms with Crippen molar-refractivity contribution >= 4 is 9.84 Å². The van der Waals surface area contributed by atoms with Gasteiger partial charge in [-0.1, -0.05) is 0 Å². The molecule has 0 aliphatic rings. The number of hydrogen-bond acceptors (Lipinski definition) is 3. The maximum Gasteiger partial charge on any atom is 0.251 e. The summed E-state index contributed by atoms with van der Waals surface area (Å²) in [6.45, 7) is 2.37. The Kier molecular flexibility index (Phi) is 2.56. The SMILES string of the molecule is CCn1ccc(S(C)(=O)=O)cc1=O. The van der Waals surface area contributed by atoms with E-state index in [1.54, 1.807) is 0 Å². The summed E-state index contributed by atoms with van der Waals surface area (Å²) in [6, 6.07) is 2.57. The quantitative estimate of drug-likeness (QED) is 0.690. The smallest absolute Gasteiger partial charge is 0.251 e. The predicted molar refractivity (Wildman–Crippen MR) is 49.5 cm³/mol. The van der Waals surface area contributed by atoms with Gasteiger partial charge < -0.3 is 4.57 Å². The summed E-state index contributed by atoms with van der Waals surface area (Å²) in [4.78, 5) is 11.3. The van der Waals surface area contributed by atoms with Crippen LogP contribution in [-0.2, 0) is 16.4 Å². The minimum Gasteiger partial charge on any atom is -0.316 e. The Morgan fingerprint density at radius 1 is 1.46 bits per heavy atom. The van der Waals surface area contributed by atoms with Gasteiger partial charge in [-0.05, 0) is 13.0 Å². The first-order chi connectivity index (χ1) is 5.95. The lowest BCUT2D eigenvalue weighted by molar-refractivity contribution is 0.600. The van der Waals surface area contributed by atoms with Crippen LogP contribution in [0.4, 0.5) is 0 Å². The Bertz CT molecular complexity index is 459. The van der Waals surface area contributed by atoms with Gasteiger partial charge in [0.25, 0.3) is 5.56 Å². The number of nitrogens with zero attached hydrogens (tertiary/aromatic N) is 1. The third-order valence-corrected chi connectivity index (χ3v) is 2.85. The van der Waals surface area contributed by atoms with Gasteiger partial charge in [0.1, 0.15) is 0 Å². The molecule has 0 fully saturated rings. The highest BCUT2D eigenvalue weighted by molar-refractivity contribution is 7.90. The predicted octanol–water partition coefficient (Wildman–Crippen LogP) is 0.272. The van der Waals surface area contributed by atoms with Gasteiger partial charge in [0.15, 0.2) is 9.84 Å². The van der Waals surface area contributed by atoms with E-state index in [-0.39, 0.29) is 10.5 Å². The number of rotatable bonds is 2. The zero-order valence-corrected chi connectivity index (χ0v) is 8.34. The van der Waals surface area contributed by atoms with Crippen LogP contribution in [-0.4, -0.2) is 19.2 Å². The van der Waals surface area contributed by atoms with Gasteiger partial charge in [0, 0.05) is 25.1 Å². The van der Waals surface area contributed by atoms with Crippen LogP contribution >= 0.6 is 0 Å². The monoisotopic (exact) mass is 201 g/mol. The summed E-state index contributed by atoms with van der Waals surface area (Å²) < 4.78 is 23.5. The van der Waals surface area contributed by atoms with Crippen LogP contribution in [0.1, 0.15) is 6.92 Å². The number of hydrogen-bond donors (Lipinski definition) is 0. The number of sulfone groups is 1. The lowest BCUT2D eigenvalue weighted by Gasteiger charge is -2.01. The van der Waals surface area contributed by atoms with E-state index < -0.39 is 9.84 Å². The summed E-state index contributed by atoms with van der Waals surface area (Å²) in [5.74, 6) is 0. The fourth-order valence-corrected chi connectivity index (χ4v) is 1.60. The second-order valence-corrected chi connectivity index (χ2v) is 4.77. The van der Waals surface area contributed by atoms with Gasteiger partial charge in [-0.25, -0.2) is 8.42 Å². The van der Waals surface area contributed by atoms with E-state index in [9.17, 15) is 13.2 Å². The minimum atomic E-state index is -3.26. The van der Waals surface area contributed by atoms with Crippen molar-refractivity contribution < 1.29 is 8.42 Å². The van der Waals surface area contributed by atoms with E-state index in [1.165, 1.54) is 16.8 Å². The second-order valence-electron chi connectivity index (χ2n) is 2.76. The summed E-state index contributed by atoms with van der Waals surface area (Å²) in [5, 5.41) is 0. The molecule has 0 atom stereocenters. The van der Waals surface area contributed by atoms with E-state index in [2.05, 4.69) is 0 Å². The molecule has 1 aromatic rings.